The van der Waals surface area contributed by atoms with E-state index < -0.39 is 12.1 Å². The molecule has 9 heteroatoms. The number of alkyl halides is 3. The van der Waals surface area contributed by atoms with Gasteiger partial charge in [-0.05, 0) is 49.7 Å². The van der Waals surface area contributed by atoms with E-state index in [2.05, 4.69) is 44.8 Å². The minimum Gasteiger partial charge on any atom is -0.475 e. The highest BCUT2D eigenvalue weighted by atomic mass is 19.4. The van der Waals surface area contributed by atoms with Gasteiger partial charge in [-0.1, -0.05) is 18.2 Å². The van der Waals surface area contributed by atoms with Crippen LogP contribution in [0.5, 0.6) is 0 Å². The van der Waals surface area contributed by atoms with Crippen molar-refractivity contribution in [3.8, 4) is 0 Å². The van der Waals surface area contributed by atoms with Crippen molar-refractivity contribution < 1.29 is 23.1 Å². The summed E-state index contributed by atoms with van der Waals surface area (Å²) in [5.41, 5.74) is 3.51. The average molecular weight is 406 g/mol. The number of imidazole rings is 1. The van der Waals surface area contributed by atoms with Gasteiger partial charge in [0.25, 0.3) is 0 Å². The summed E-state index contributed by atoms with van der Waals surface area (Å²) in [4.78, 5) is 20.5. The summed E-state index contributed by atoms with van der Waals surface area (Å²) >= 11 is 0. The van der Waals surface area contributed by atoms with Crippen LogP contribution in [0.4, 0.5) is 13.2 Å². The van der Waals surface area contributed by atoms with Gasteiger partial charge in [0.2, 0.25) is 0 Å². The van der Waals surface area contributed by atoms with Crippen molar-refractivity contribution in [3.05, 3.63) is 60.2 Å². The SMILES string of the molecule is O=C(O)C(F)(F)F.c1cncc(Cn2c(CN3CCCC3)nc3ccccc32)c1. The Kier molecular flexibility index (Phi) is 6.48. The van der Waals surface area contributed by atoms with Crippen LogP contribution < -0.4 is 0 Å². The molecule has 0 radical (unpaired) electrons. The van der Waals surface area contributed by atoms with E-state index in [0.29, 0.717) is 0 Å². The van der Waals surface area contributed by atoms with Crippen molar-refractivity contribution in [2.24, 2.45) is 0 Å². The Morgan fingerprint density at radius 2 is 1.76 bits per heavy atom. The number of rotatable bonds is 4. The maximum atomic E-state index is 10.6. The first-order valence-corrected chi connectivity index (χ1v) is 9.20. The second-order valence-electron chi connectivity index (χ2n) is 6.75. The molecule has 1 aliphatic heterocycles. The van der Waals surface area contributed by atoms with E-state index in [1.54, 1.807) is 0 Å². The third-order valence-corrected chi connectivity index (χ3v) is 4.60. The molecule has 1 aliphatic rings. The summed E-state index contributed by atoms with van der Waals surface area (Å²) in [6, 6.07) is 12.5. The van der Waals surface area contributed by atoms with Crippen LogP contribution in [-0.4, -0.2) is 49.8 Å². The molecule has 4 rings (SSSR count). The normalized spacial score (nSPS) is 14.6. The van der Waals surface area contributed by atoms with E-state index in [0.717, 1.165) is 24.4 Å². The van der Waals surface area contributed by atoms with Crippen molar-refractivity contribution >= 4 is 17.0 Å². The van der Waals surface area contributed by atoms with Crippen molar-refractivity contribution in [2.45, 2.75) is 32.1 Å². The molecule has 0 atom stereocenters. The smallest absolute Gasteiger partial charge is 0.475 e. The molecular weight excluding hydrogens is 385 g/mol. The zero-order chi connectivity index (χ0) is 20.9. The molecule has 1 N–H and O–H groups in total. The molecule has 1 aromatic carbocycles. The van der Waals surface area contributed by atoms with Crippen LogP contribution in [0.3, 0.4) is 0 Å². The maximum Gasteiger partial charge on any atom is 0.490 e. The fourth-order valence-electron chi connectivity index (χ4n) is 3.24. The van der Waals surface area contributed by atoms with Crippen molar-refractivity contribution in [3.63, 3.8) is 0 Å². The number of hydrogen-bond donors (Lipinski definition) is 1. The monoisotopic (exact) mass is 406 g/mol. The van der Waals surface area contributed by atoms with E-state index in [4.69, 9.17) is 14.9 Å². The molecule has 0 amide bonds. The number of fused-ring (bicyclic) bond motifs is 1. The number of carboxylic acids is 1. The predicted molar refractivity (Wildman–Crippen MR) is 101 cm³/mol. The number of nitrogens with zero attached hydrogens (tertiary/aromatic N) is 4. The van der Waals surface area contributed by atoms with E-state index in [9.17, 15) is 13.2 Å². The van der Waals surface area contributed by atoms with Gasteiger partial charge >= 0.3 is 12.1 Å². The number of benzene rings is 1. The Morgan fingerprint density at radius 3 is 2.38 bits per heavy atom. The third-order valence-electron chi connectivity index (χ3n) is 4.60. The van der Waals surface area contributed by atoms with E-state index in [1.165, 1.54) is 37.0 Å². The van der Waals surface area contributed by atoms with Crippen LogP contribution in [0.25, 0.3) is 11.0 Å². The van der Waals surface area contributed by atoms with Gasteiger partial charge in [-0.3, -0.25) is 9.88 Å². The largest absolute Gasteiger partial charge is 0.490 e. The zero-order valence-corrected chi connectivity index (χ0v) is 15.6. The number of pyridine rings is 1. The quantitative estimate of drug-likeness (QED) is 0.715. The van der Waals surface area contributed by atoms with Gasteiger partial charge in [0.1, 0.15) is 5.82 Å². The Hall–Kier alpha value is -2.94. The standard InChI is InChI=1S/C18H20N4.C2HF3O2/c1-2-8-17-16(7-1)20-18(14-21-10-3-4-11-21)22(17)13-15-6-5-9-19-12-15;3-2(4,5)1(6)7/h1-2,5-9,12H,3-4,10-11,13-14H2;(H,6,7). The van der Waals surface area contributed by atoms with Gasteiger partial charge < -0.3 is 9.67 Å². The first-order chi connectivity index (χ1) is 13.8. The summed E-state index contributed by atoms with van der Waals surface area (Å²) in [5.74, 6) is -1.60. The minimum absolute atomic E-state index is 0.831. The molecule has 0 spiro atoms. The highest BCUT2D eigenvalue weighted by Gasteiger charge is 2.38. The number of para-hydroxylation sites is 2. The van der Waals surface area contributed by atoms with Gasteiger partial charge in [0.05, 0.1) is 24.1 Å². The van der Waals surface area contributed by atoms with Gasteiger partial charge in [-0.25, -0.2) is 9.78 Å². The van der Waals surface area contributed by atoms with Gasteiger partial charge in [-0.15, -0.1) is 0 Å². The van der Waals surface area contributed by atoms with E-state index >= 15 is 0 Å². The molecule has 3 heterocycles. The Balaban J connectivity index is 0.000000298. The van der Waals surface area contributed by atoms with Gasteiger partial charge in [0.15, 0.2) is 0 Å². The fourth-order valence-corrected chi connectivity index (χ4v) is 3.24. The molecule has 0 saturated carbocycles. The number of carbonyl (C=O) groups is 1. The van der Waals surface area contributed by atoms with Crippen LogP contribution in [0.2, 0.25) is 0 Å². The molecule has 3 aromatic rings. The summed E-state index contributed by atoms with van der Waals surface area (Å²) in [6.45, 7) is 4.15. The highest BCUT2D eigenvalue weighted by Crippen LogP contribution is 2.20. The average Bonchev–Trinajstić information content (AvgIpc) is 3.31. The van der Waals surface area contributed by atoms with Crippen LogP contribution in [-0.2, 0) is 17.9 Å². The molecule has 154 valence electrons. The molecule has 2 aromatic heterocycles. The first kappa shape index (κ1) is 20.8. The Morgan fingerprint density at radius 1 is 1.07 bits per heavy atom. The topological polar surface area (TPSA) is 71.2 Å². The van der Waals surface area contributed by atoms with Gasteiger partial charge in [-0.2, -0.15) is 13.2 Å². The lowest BCUT2D eigenvalue weighted by Gasteiger charge is -2.16. The van der Waals surface area contributed by atoms with Crippen LogP contribution >= 0.6 is 0 Å². The lowest BCUT2D eigenvalue weighted by molar-refractivity contribution is -0.192. The second-order valence-corrected chi connectivity index (χ2v) is 6.75. The maximum absolute atomic E-state index is 10.6. The molecule has 29 heavy (non-hydrogen) atoms. The fraction of sp³-hybridized carbons (Fsp3) is 0.350. The molecule has 1 fully saturated rings. The summed E-state index contributed by atoms with van der Waals surface area (Å²) in [7, 11) is 0. The highest BCUT2D eigenvalue weighted by molar-refractivity contribution is 5.76. The zero-order valence-electron chi connectivity index (χ0n) is 15.6. The second kappa shape index (κ2) is 9.04. The number of likely N-dealkylation sites (tertiary alicyclic amines) is 1. The molecule has 0 aliphatic carbocycles. The summed E-state index contributed by atoms with van der Waals surface area (Å²) in [6.07, 6.45) is 1.29. The molecule has 0 unspecified atom stereocenters. The summed E-state index contributed by atoms with van der Waals surface area (Å²) < 4.78 is 34.1. The number of aliphatic carboxylic acids is 1. The molecule has 0 bridgehead atoms. The number of hydrogen-bond acceptors (Lipinski definition) is 4. The van der Waals surface area contributed by atoms with Crippen molar-refractivity contribution in [2.75, 3.05) is 13.1 Å². The molecular formula is C20H21F3N4O2. The van der Waals surface area contributed by atoms with Crippen molar-refractivity contribution in [1.82, 2.24) is 19.4 Å². The predicted octanol–water partition coefficient (Wildman–Crippen LogP) is 3.71. The lowest BCUT2D eigenvalue weighted by Crippen LogP contribution is -2.21. The Labute approximate surface area is 165 Å². The first-order valence-electron chi connectivity index (χ1n) is 9.20. The van der Waals surface area contributed by atoms with E-state index in [-0.39, 0.29) is 0 Å². The van der Waals surface area contributed by atoms with Crippen molar-refractivity contribution in [1.29, 1.82) is 0 Å². The molecule has 6 nitrogen and oxygen atoms in total. The van der Waals surface area contributed by atoms with Gasteiger partial charge in [0, 0.05) is 12.4 Å². The van der Waals surface area contributed by atoms with E-state index in [1.807, 2.05) is 18.5 Å². The number of carboxylic acid groups (broad SMARTS) is 1. The lowest BCUT2D eigenvalue weighted by atomic mass is 10.2. The molecule has 1 saturated heterocycles. The minimum atomic E-state index is -5.08. The number of aromatic nitrogens is 3. The summed E-state index contributed by atoms with van der Waals surface area (Å²) in [5, 5.41) is 7.12. The van der Waals surface area contributed by atoms with Crippen LogP contribution in [0, 0.1) is 0 Å². The third kappa shape index (κ3) is 5.54. The Bertz CT molecular complexity index is 951. The van der Waals surface area contributed by atoms with Crippen LogP contribution in [0.1, 0.15) is 24.2 Å². The van der Waals surface area contributed by atoms with Crippen LogP contribution in [0.15, 0.2) is 48.8 Å². The number of halogens is 3.